The molecular weight excluding hydrogens is 438 g/mol. The molecule has 0 amide bonds. The van der Waals surface area contributed by atoms with Gasteiger partial charge >= 0.3 is 0 Å². The molecule has 0 radical (unpaired) electrons. The Hall–Kier alpha value is -3.35. The number of fused-ring (bicyclic) bond motifs is 1. The first-order valence-corrected chi connectivity index (χ1v) is 12.7. The predicted molar refractivity (Wildman–Crippen MR) is 138 cm³/mol. The minimum Gasteiger partial charge on any atom is -0.490 e. The Bertz CT molecular complexity index is 1260. The summed E-state index contributed by atoms with van der Waals surface area (Å²) in [4.78, 5) is 0. The van der Waals surface area contributed by atoms with Crippen LogP contribution in [-0.2, 0) is 13.0 Å². The Morgan fingerprint density at radius 3 is 2.46 bits per heavy atom. The van der Waals surface area contributed by atoms with Gasteiger partial charge in [0.2, 0.25) is 5.82 Å². The van der Waals surface area contributed by atoms with Crippen LogP contribution in [0.1, 0.15) is 58.9 Å². The second-order valence-corrected chi connectivity index (χ2v) is 10.8. The van der Waals surface area contributed by atoms with Gasteiger partial charge in [-0.05, 0) is 72.4 Å². The summed E-state index contributed by atoms with van der Waals surface area (Å²) in [6.45, 7) is 10.1. The maximum atomic E-state index is 6.60. The number of aryl methyl sites for hydroxylation is 1. The van der Waals surface area contributed by atoms with E-state index in [4.69, 9.17) is 9.47 Å². The second-order valence-electron chi connectivity index (χ2n) is 10.8. The quantitative estimate of drug-likeness (QED) is 0.330. The van der Waals surface area contributed by atoms with Crippen molar-refractivity contribution in [2.45, 2.75) is 78.6 Å². The lowest BCUT2D eigenvalue weighted by Crippen LogP contribution is -2.18. The van der Waals surface area contributed by atoms with Crippen LogP contribution < -0.4 is 9.47 Å². The normalized spacial score (nSPS) is 18.3. The zero-order chi connectivity index (χ0) is 24.4. The maximum absolute atomic E-state index is 6.60. The van der Waals surface area contributed by atoms with Crippen LogP contribution in [0, 0.1) is 5.41 Å². The molecule has 1 aliphatic rings. The SMILES string of the molecule is CCCc1c(OC2CCC(Oc3ccc(-c4nn[nH]n4)cc3)C2)ccc2c1ccn2CC(C)(C)C. The van der Waals surface area contributed by atoms with Crippen molar-refractivity contribution >= 4 is 10.9 Å². The summed E-state index contributed by atoms with van der Waals surface area (Å²) < 4.78 is 15.2. The molecule has 0 saturated heterocycles. The van der Waals surface area contributed by atoms with Crippen LogP contribution in [0.4, 0.5) is 0 Å². The van der Waals surface area contributed by atoms with E-state index in [9.17, 15) is 0 Å². The number of nitrogens with one attached hydrogen (secondary N) is 1. The number of tetrazole rings is 1. The zero-order valence-electron chi connectivity index (χ0n) is 21.1. The zero-order valence-corrected chi connectivity index (χ0v) is 21.1. The van der Waals surface area contributed by atoms with E-state index >= 15 is 0 Å². The fourth-order valence-electron chi connectivity index (χ4n) is 5.03. The Kier molecular flexibility index (Phi) is 6.50. The van der Waals surface area contributed by atoms with Gasteiger partial charge in [0.1, 0.15) is 23.7 Å². The molecule has 7 nitrogen and oxygen atoms in total. The summed E-state index contributed by atoms with van der Waals surface area (Å²) in [6, 6.07) is 14.5. The molecule has 4 aromatic rings. The van der Waals surface area contributed by atoms with Gasteiger partial charge in [-0.15, -0.1) is 10.2 Å². The molecule has 2 unspecified atom stereocenters. The van der Waals surface area contributed by atoms with Gasteiger partial charge < -0.3 is 14.0 Å². The Labute approximate surface area is 206 Å². The topological polar surface area (TPSA) is 77.8 Å². The fourth-order valence-corrected chi connectivity index (χ4v) is 5.03. The van der Waals surface area contributed by atoms with Gasteiger partial charge in [0.05, 0.1) is 0 Å². The van der Waals surface area contributed by atoms with Crippen molar-refractivity contribution in [1.82, 2.24) is 25.2 Å². The van der Waals surface area contributed by atoms with Gasteiger partial charge in [-0.3, -0.25) is 0 Å². The van der Waals surface area contributed by atoms with E-state index in [1.54, 1.807) is 0 Å². The molecule has 184 valence electrons. The van der Waals surface area contributed by atoms with E-state index in [1.807, 2.05) is 24.3 Å². The second kappa shape index (κ2) is 9.72. The van der Waals surface area contributed by atoms with Crippen molar-refractivity contribution in [2.24, 2.45) is 5.41 Å². The molecule has 1 aliphatic carbocycles. The average molecular weight is 474 g/mol. The molecule has 0 spiro atoms. The molecule has 1 fully saturated rings. The number of ether oxygens (including phenoxy) is 2. The number of hydrogen-bond donors (Lipinski definition) is 1. The van der Waals surface area contributed by atoms with Crippen LogP contribution in [0.2, 0.25) is 0 Å². The van der Waals surface area contributed by atoms with Crippen LogP contribution in [0.15, 0.2) is 48.7 Å². The Morgan fingerprint density at radius 1 is 1.00 bits per heavy atom. The molecule has 2 aromatic heterocycles. The Morgan fingerprint density at radius 2 is 1.77 bits per heavy atom. The summed E-state index contributed by atoms with van der Waals surface area (Å²) in [6.07, 6.45) is 7.54. The third-order valence-electron chi connectivity index (χ3n) is 6.56. The largest absolute Gasteiger partial charge is 0.490 e. The standard InChI is InChI=1S/C28H35N5O2/c1-5-6-24-23-15-16-33(18-28(2,3)4)25(23)13-14-26(24)35-22-12-11-21(17-22)34-20-9-7-19(8-10-20)27-29-31-32-30-27/h7-10,13-16,21-22H,5-6,11-12,17-18H2,1-4H3,(H,29,30,31,32). The van der Waals surface area contributed by atoms with Crippen molar-refractivity contribution in [1.29, 1.82) is 0 Å². The molecule has 5 rings (SSSR count). The number of benzene rings is 2. The van der Waals surface area contributed by atoms with Gasteiger partial charge in [-0.2, -0.15) is 5.21 Å². The molecular formula is C28H35N5O2. The van der Waals surface area contributed by atoms with Crippen molar-refractivity contribution in [3.05, 3.63) is 54.2 Å². The molecule has 1 N–H and O–H groups in total. The molecule has 0 bridgehead atoms. The molecule has 2 aromatic carbocycles. The highest BCUT2D eigenvalue weighted by Crippen LogP contribution is 2.35. The first-order valence-electron chi connectivity index (χ1n) is 12.7. The average Bonchev–Trinajstić information content (AvgIpc) is 3.57. The summed E-state index contributed by atoms with van der Waals surface area (Å²) in [5.74, 6) is 2.47. The molecule has 0 aliphatic heterocycles. The number of nitrogens with zero attached hydrogens (tertiary/aromatic N) is 4. The van der Waals surface area contributed by atoms with Crippen LogP contribution in [0.25, 0.3) is 22.3 Å². The highest BCUT2D eigenvalue weighted by molar-refractivity contribution is 5.86. The van der Waals surface area contributed by atoms with Crippen molar-refractivity contribution < 1.29 is 9.47 Å². The van der Waals surface area contributed by atoms with Gasteiger partial charge in [0.15, 0.2) is 0 Å². The monoisotopic (exact) mass is 473 g/mol. The van der Waals surface area contributed by atoms with Gasteiger partial charge in [0, 0.05) is 41.2 Å². The number of rotatable bonds is 8. The van der Waals surface area contributed by atoms with E-state index < -0.39 is 0 Å². The van der Waals surface area contributed by atoms with Gasteiger partial charge in [-0.1, -0.05) is 34.1 Å². The Balaban J connectivity index is 1.26. The van der Waals surface area contributed by atoms with Crippen molar-refractivity contribution in [2.75, 3.05) is 0 Å². The van der Waals surface area contributed by atoms with E-state index in [0.29, 0.717) is 5.82 Å². The van der Waals surface area contributed by atoms with E-state index in [0.717, 1.165) is 55.7 Å². The van der Waals surface area contributed by atoms with Crippen LogP contribution in [0.3, 0.4) is 0 Å². The molecule has 2 atom stereocenters. The van der Waals surface area contributed by atoms with E-state index in [1.165, 1.54) is 16.5 Å². The lowest BCUT2D eigenvalue weighted by Gasteiger charge is -2.21. The summed E-state index contributed by atoms with van der Waals surface area (Å²) in [7, 11) is 0. The van der Waals surface area contributed by atoms with Gasteiger partial charge in [0.25, 0.3) is 0 Å². The van der Waals surface area contributed by atoms with Gasteiger partial charge in [-0.25, -0.2) is 0 Å². The highest BCUT2D eigenvalue weighted by Gasteiger charge is 2.28. The smallest absolute Gasteiger partial charge is 0.204 e. The van der Waals surface area contributed by atoms with E-state index in [2.05, 4.69) is 77.3 Å². The lowest BCUT2D eigenvalue weighted by atomic mass is 9.97. The summed E-state index contributed by atoms with van der Waals surface area (Å²) in [5, 5.41) is 15.5. The molecule has 1 saturated carbocycles. The first kappa shape index (κ1) is 23.4. The first-order chi connectivity index (χ1) is 16.9. The van der Waals surface area contributed by atoms with Crippen molar-refractivity contribution in [3.8, 4) is 22.9 Å². The van der Waals surface area contributed by atoms with Crippen LogP contribution in [0.5, 0.6) is 11.5 Å². The predicted octanol–water partition coefficient (Wildman–Crippen LogP) is 6.20. The lowest BCUT2D eigenvalue weighted by molar-refractivity contribution is 0.165. The minimum absolute atomic E-state index is 0.155. The number of H-pyrrole nitrogens is 1. The minimum atomic E-state index is 0.155. The number of aromatic amines is 1. The van der Waals surface area contributed by atoms with E-state index in [-0.39, 0.29) is 17.6 Å². The summed E-state index contributed by atoms with van der Waals surface area (Å²) >= 11 is 0. The number of aromatic nitrogens is 5. The number of hydrogen-bond acceptors (Lipinski definition) is 5. The van der Waals surface area contributed by atoms with Crippen LogP contribution in [-0.4, -0.2) is 37.4 Å². The molecule has 7 heteroatoms. The van der Waals surface area contributed by atoms with Crippen LogP contribution >= 0.6 is 0 Å². The maximum Gasteiger partial charge on any atom is 0.204 e. The summed E-state index contributed by atoms with van der Waals surface area (Å²) in [5.41, 5.74) is 3.78. The van der Waals surface area contributed by atoms with Crippen molar-refractivity contribution in [3.63, 3.8) is 0 Å². The third kappa shape index (κ3) is 5.34. The molecule has 2 heterocycles. The fraction of sp³-hybridized carbons (Fsp3) is 0.464. The third-order valence-corrected chi connectivity index (χ3v) is 6.56. The highest BCUT2D eigenvalue weighted by atomic mass is 16.5. The molecule has 35 heavy (non-hydrogen) atoms.